The summed E-state index contributed by atoms with van der Waals surface area (Å²) in [4.78, 5) is 30.7. The van der Waals surface area contributed by atoms with Crippen LogP contribution in [0, 0.1) is 22.7 Å². The number of carbonyl (C=O) groups is 2. The fourth-order valence-corrected chi connectivity index (χ4v) is 6.94. The van der Waals surface area contributed by atoms with Gasteiger partial charge in [-0.1, -0.05) is 40.2 Å². The maximum Gasteiger partial charge on any atom is 0.229 e. The summed E-state index contributed by atoms with van der Waals surface area (Å²) in [6, 6.07) is 7.62. The quantitative estimate of drug-likeness (QED) is 0.604. The van der Waals surface area contributed by atoms with Crippen LogP contribution in [0.25, 0.3) is 0 Å². The number of primary amides is 2. The van der Waals surface area contributed by atoms with Gasteiger partial charge < -0.3 is 11.5 Å². The van der Waals surface area contributed by atoms with E-state index >= 15 is 0 Å². The summed E-state index contributed by atoms with van der Waals surface area (Å²) in [5.74, 6) is -1.11. The normalized spacial score (nSPS) is 32.6. The van der Waals surface area contributed by atoms with Crippen LogP contribution in [0.3, 0.4) is 0 Å². The number of allylic oxidation sites excluding steroid dienone is 2. The number of aromatic nitrogens is 3. The smallest absolute Gasteiger partial charge is 0.229 e. The van der Waals surface area contributed by atoms with E-state index in [1.807, 2.05) is 24.3 Å². The van der Waals surface area contributed by atoms with Crippen molar-refractivity contribution in [2.45, 2.75) is 37.6 Å². The van der Waals surface area contributed by atoms with Crippen LogP contribution in [0.15, 0.2) is 53.5 Å². The van der Waals surface area contributed by atoms with Gasteiger partial charge in [0.05, 0.1) is 10.8 Å². The van der Waals surface area contributed by atoms with Gasteiger partial charge in [0.25, 0.3) is 0 Å². The van der Waals surface area contributed by atoms with Crippen molar-refractivity contribution in [2.75, 3.05) is 0 Å². The van der Waals surface area contributed by atoms with E-state index in [0.717, 1.165) is 22.9 Å². The maximum absolute atomic E-state index is 13.4. The van der Waals surface area contributed by atoms with Crippen molar-refractivity contribution in [3.63, 3.8) is 0 Å². The van der Waals surface area contributed by atoms with E-state index in [-0.39, 0.29) is 17.3 Å². The molecule has 5 rings (SSSR count). The molecule has 1 spiro atoms. The van der Waals surface area contributed by atoms with Gasteiger partial charge in [0.1, 0.15) is 12.7 Å². The van der Waals surface area contributed by atoms with Gasteiger partial charge in [0.2, 0.25) is 11.8 Å². The Morgan fingerprint density at radius 3 is 2.37 bits per heavy atom. The number of nitrogens with zero attached hydrogens (tertiary/aromatic N) is 3. The standard InChI is InChI=1S/C22H24BrN5O2/c23-15-4-2-14(3-5-15)22(19(25)30)17-7-6-16(20(17)9-10-20)21(22,18(24)29)8-1-11-28-13-26-12-27-28/h2-7,12-13,16-17H,1,8-11H2,(H2,24,29)(H2,25,30)/t16-,17+,21+,22-/m1/s1. The molecule has 0 radical (unpaired) electrons. The zero-order valence-electron chi connectivity index (χ0n) is 16.5. The van der Waals surface area contributed by atoms with Gasteiger partial charge in [-0.3, -0.25) is 14.3 Å². The molecule has 0 aliphatic heterocycles. The molecule has 7 nitrogen and oxygen atoms in total. The number of benzene rings is 1. The summed E-state index contributed by atoms with van der Waals surface area (Å²) >= 11 is 3.47. The predicted molar refractivity (Wildman–Crippen MR) is 114 cm³/mol. The second-order valence-corrected chi connectivity index (χ2v) is 9.77. The maximum atomic E-state index is 13.4. The lowest BCUT2D eigenvalue weighted by Crippen LogP contribution is -2.62. The van der Waals surface area contributed by atoms with Crippen LogP contribution in [-0.2, 0) is 21.5 Å². The summed E-state index contributed by atoms with van der Waals surface area (Å²) in [5, 5.41) is 4.15. The first-order valence-corrected chi connectivity index (χ1v) is 11.1. The zero-order valence-corrected chi connectivity index (χ0v) is 18.1. The Bertz CT molecular complexity index is 1030. The van der Waals surface area contributed by atoms with E-state index < -0.39 is 22.6 Å². The average molecular weight is 470 g/mol. The van der Waals surface area contributed by atoms with Crippen LogP contribution < -0.4 is 11.5 Å². The van der Waals surface area contributed by atoms with Gasteiger partial charge in [-0.15, -0.1) is 0 Å². The highest BCUT2D eigenvalue weighted by Crippen LogP contribution is 2.80. The molecule has 8 heteroatoms. The molecule has 2 aromatic rings. The molecule has 30 heavy (non-hydrogen) atoms. The lowest BCUT2D eigenvalue weighted by molar-refractivity contribution is -0.144. The number of hydrogen-bond donors (Lipinski definition) is 2. The fraction of sp³-hybridized carbons (Fsp3) is 0.455. The van der Waals surface area contributed by atoms with Crippen LogP contribution in [0.4, 0.5) is 0 Å². The van der Waals surface area contributed by atoms with E-state index in [0.29, 0.717) is 19.4 Å². The first-order chi connectivity index (χ1) is 14.4. The molecule has 1 aromatic carbocycles. The van der Waals surface area contributed by atoms with Crippen molar-refractivity contribution in [3.8, 4) is 0 Å². The third-order valence-corrected chi connectivity index (χ3v) is 8.34. The number of rotatable bonds is 7. The number of hydrogen-bond acceptors (Lipinski definition) is 4. The van der Waals surface area contributed by atoms with E-state index in [2.05, 4.69) is 38.2 Å². The van der Waals surface area contributed by atoms with E-state index in [1.165, 1.54) is 6.33 Å². The molecule has 2 saturated carbocycles. The van der Waals surface area contributed by atoms with Gasteiger partial charge >= 0.3 is 0 Å². The summed E-state index contributed by atoms with van der Waals surface area (Å²) in [5.41, 5.74) is 10.8. The lowest BCUT2D eigenvalue weighted by atomic mass is 9.52. The van der Waals surface area contributed by atoms with E-state index in [4.69, 9.17) is 11.5 Å². The summed E-state index contributed by atoms with van der Waals surface area (Å²) in [6.45, 7) is 0.596. The largest absolute Gasteiger partial charge is 0.369 e. The first kappa shape index (κ1) is 19.5. The molecule has 4 atom stereocenters. The number of nitrogens with two attached hydrogens (primary N) is 2. The highest BCUT2D eigenvalue weighted by Gasteiger charge is 2.82. The van der Waals surface area contributed by atoms with Crippen molar-refractivity contribution in [3.05, 3.63) is 59.1 Å². The molecule has 2 amide bonds. The van der Waals surface area contributed by atoms with Gasteiger partial charge in [-0.25, -0.2) is 4.98 Å². The van der Waals surface area contributed by atoms with Crippen molar-refractivity contribution in [1.29, 1.82) is 0 Å². The van der Waals surface area contributed by atoms with E-state index in [9.17, 15) is 9.59 Å². The predicted octanol–water partition coefficient (Wildman–Crippen LogP) is 2.31. The molecule has 156 valence electrons. The monoisotopic (exact) mass is 469 g/mol. The van der Waals surface area contributed by atoms with Crippen molar-refractivity contribution in [1.82, 2.24) is 14.8 Å². The SMILES string of the molecule is NC(=O)[C@]1(CCCn2cncn2)[C@@H]2C=C[C@@H](C23CC3)[C@@]1(C(N)=O)c1ccc(Br)cc1. The third kappa shape index (κ3) is 2.25. The number of carbonyl (C=O) groups excluding carboxylic acids is 2. The minimum Gasteiger partial charge on any atom is -0.369 e. The van der Waals surface area contributed by atoms with Gasteiger partial charge in [0, 0.05) is 16.9 Å². The van der Waals surface area contributed by atoms with Gasteiger partial charge in [-0.2, -0.15) is 5.10 Å². The molecule has 3 aliphatic carbocycles. The highest BCUT2D eigenvalue weighted by atomic mass is 79.9. The molecule has 2 fully saturated rings. The topological polar surface area (TPSA) is 117 Å². The first-order valence-electron chi connectivity index (χ1n) is 10.3. The van der Waals surface area contributed by atoms with Crippen molar-refractivity contribution < 1.29 is 9.59 Å². The third-order valence-electron chi connectivity index (χ3n) is 7.82. The van der Waals surface area contributed by atoms with E-state index in [1.54, 1.807) is 11.0 Å². The molecule has 4 N–H and O–H groups in total. The minimum atomic E-state index is -1.15. The molecule has 0 saturated heterocycles. The molecule has 1 heterocycles. The number of aryl methyl sites for hydroxylation is 1. The van der Waals surface area contributed by atoms with Crippen molar-refractivity contribution in [2.24, 2.45) is 34.1 Å². The summed E-state index contributed by atoms with van der Waals surface area (Å²) < 4.78 is 2.64. The van der Waals surface area contributed by atoms with Gasteiger partial charge in [-0.05, 0) is 54.7 Å². The van der Waals surface area contributed by atoms with Crippen LogP contribution in [0.5, 0.6) is 0 Å². The Hall–Kier alpha value is -2.48. The Balaban J connectivity index is 1.67. The Morgan fingerprint density at radius 2 is 1.80 bits per heavy atom. The fourth-order valence-electron chi connectivity index (χ4n) is 6.68. The number of halogens is 1. The van der Waals surface area contributed by atoms with Crippen LogP contribution in [0.2, 0.25) is 0 Å². The minimum absolute atomic E-state index is 0.0839. The Morgan fingerprint density at radius 1 is 1.10 bits per heavy atom. The van der Waals surface area contributed by atoms with Gasteiger partial charge in [0.15, 0.2) is 0 Å². The molecular weight excluding hydrogens is 446 g/mol. The molecule has 2 bridgehead atoms. The zero-order chi connectivity index (χ0) is 21.1. The molecule has 0 unspecified atom stereocenters. The Kier molecular flexibility index (Phi) is 4.23. The second-order valence-electron chi connectivity index (χ2n) is 8.85. The Labute approximate surface area is 183 Å². The average Bonchev–Trinajstić information content (AvgIpc) is 3.08. The second kappa shape index (κ2) is 6.51. The highest BCUT2D eigenvalue weighted by molar-refractivity contribution is 9.10. The molecule has 1 aromatic heterocycles. The van der Waals surface area contributed by atoms with Crippen LogP contribution in [0.1, 0.15) is 31.2 Å². The number of amides is 2. The van der Waals surface area contributed by atoms with Crippen LogP contribution >= 0.6 is 15.9 Å². The summed E-state index contributed by atoms with van der Waals surface area (Å²) in [7, 11) is 0. The lowest BCUT2D eigenvalue weighted by Gasteiger charge is -2.48. The summed E-state index contributed by atoms with van der Waals surface area (Å²) in [6.07, 6.45) is 10.5. The molecule has 3 aliphatic rings. The van der Waals surface area contributed by atoms with Crippen molar-refractivity contribution >= 4 is 27.7 Å². The van der Waals surface area contributed by atoms with Crippen LogP contribution in [-0.4, -0.2) is 26.6 Å². The molecular formula is C22H24BrN5O2.